The van der Waals surface area contributed by atoms with Crippen LogP contribution < -0.4 is 5.73 Å². The second kappa shape index (κ2) is 4.18. The van der Waals surface area contributed by atoms with Gasteiger partial charge in [0.1, 0.15) is 11.5 Å². The lowest BCUT2D eigenvalue weighted by Crippen LogP contribution is -2.03. The minimum absolute atomic E-state index is 0.590. The number of nitrogens with two attached hydrogens (primary N) is 1. The lowest BCUT2D eigenvalue weighted by atomic mass is 10.2. The first-order valence-electron chi connectivity index (χ1n) is 4.83. The molecule has 2 aromatic heterocycles. The van der Waals surface area contributed by atoms with Crippen molar-refractivity contribution in [1.82, 2.24) is 19.9 Å². The van der Waals surface area contributed by atoms with Crippen LogP contribution >= 0.6 is 0 Å². The molecule has 0 unspecified atom stereocenters. The fraction of sp³-hybridized carbons (Fsp3) is 0.300. The van der Waals surface area contributed by atoms with Gasteiger partial charge in [0.25, 0.3) is 0 Å². The maximum Gasteiger partial charge on any atom is 0.109 e. The summed E-state index contributed by atoms with van der Waals surface area (Å²) in [4.78, 5) is 15.8. The Balaban J connectivity index is 2.33. The average Bonchev–Trinajstić information content (AvgIpc) is 2.68. The van der Waals surface area contributed by atoms with Crippen molar-refractivity contribution in [2.45, 2.75) is 13.3 Å². The quantitative estimate of drug-likeness (QED) is 0.768. The first-order chi connectivity index (χ1) is 7.31. The lowest BCUT2D eigenvalue weighted by Gasteiger charge is -1.99. The average molecular weight is 203 g/mol. The molecule has 0 amide bonds. The second-order valence-corrected chi connectivity index (χ2v) is 3.27. The summed E-state index contributed by atoms with van der Waals surface area (Å²) in [7, 11) is 0. The Bertz CT molecular complexity index is 449. The van der Waals surface area contributed by atoms with Gasteiger partial charge >= 0.3 is 0 Å². The predicted molar refractivity (Wildman–Crippen MR) is 57.1 cm³/mol. The van der Waals surface area contributed by atoms with Gasteiger partial charge < -0.3 is 10.7 Å². The molecule has 2 rings (SSSR count). The highest BCUT2D eigenvalue weighted by atomic mass is 14.9. The minimum Gasteiger partial charge on any atom is -0.341 e. The number of hydrogen-bond acceptors (Lipinski definition) is 4. The summed E-state index contributed by atoms with van der Waals surface area (Å²) < 4.78 is 0. The van der Waals surface area contributed by atoms with Gasteiger partial charge in [-0.15, -0.1) is 0 Å². The minimum atomic E-state index is 0.590. The van der Waals surface area contributed by atoms with Gasteiger partial charge in [-0.1, -0.05) is 0 Å². The van der Waals surface area contributed by atoms with E-state index in [-0.39, 0.29) is 0 Å². The lowest BCUT2D eigenvalue weighted by molar-refractivity contribution is 0.894. The number of rotatable bonds is 3. The number of aryl methyl sites for hydroxylation is 1. The molecule has 0 aliphatic heterocycles. The molecular formula is C10H13N5. The fourth-order valence-corrected chi connectivity index (χ4v) is 1.42. The predicted octanol–water partition coefficient (Wildman–Crippen LogP) is 0.676. The third kappa shape index (κ3) is 2.02. The maximum absolute atomic E-state index is 5.45. The normalized spacial score (nSPS) is 10.5. The van der Waals surface area contributed by atoms with E-state index in [0.29, 0.717) is 6.54 Å². The summed E-state index contributed by atoms with van der Waals surface area (Å²) in [6, 6.07) is 0. The summed E-state index contributed by atoms with van der Waals surface area (Å²) in [5, 5.41) is 0. The van der Waals surface area contributed by atoms with E-state index in [1.807, 2.05) is 6.92 Å². The molecule has 0 saturated carbocycles. The van der Waals surface area contributed by atoms with Crippen molar-refractivity contribution in [1.29, 1.82) is 0 Å². The first kappa shape index (κ1) is 9.79. The molecule has 0 bridgehead atoms. The molecule has 0 aliphatic carbocycles. The topological polar surface area (TPSA) is 80.5 Å². The van der Waals surface area contributed by atoms with E-state index in [4.69, 9.17) is 5.73 Å². The van der Waals surface area contributed by atoms with E-state index in [2.05, 4.69) is 19.9 Å². The largest absolute Gasteiger partial charge is 0.341 e. The van der Waals surface area contributed by atoms with Crippen molar-refractivity contribution in [3.63, 3.8) is 0 Å². The van der Waals surface area contributed by atoms with Crippen LogP contribution in [-0.2, 0) is 6.42 Å². The van der Waals surface area contributed by atoms with E-state index >= 15 is 0 Å². The van der Waals surface area contributed by atoms with E-state index in [1.54, 1.807) is 18.6 Å². The van der Waals surface area contributed by atoms with E-state index in [1.165, 1.54) is 0 Å². The van der Waals surface area contributed by atoms with Crippen molar-refractivity contribution < 1.29 is 0 Å². The zero-order chi connectivity index (χ0) is 10.7. The molecule has 0 saturated heterocycles. The van der Waals surface area contributed by atoms with Crippen LogP contribution in [0.4, 0.5) is 0 Å². The van der Waals surface area contributed by atoms with Gasteiger partial charge in [0.15, 0.2) is 0 Å². The molecule has 0 radical (unpaired) electrons. The number of H-pyrrole nitrogens is 1. The molecular weight excluding hydrogens is 190 g/mol. The Labute approximate surface area is 87.8 Å². The van der Waals surface area contributed by atoms with Crippen LogP contribution in [0.2, 0.25) is 0 Å². The van der Waals surface area contributed by atoms with Crippen molar-refractivity contribution >= 4 is 0 Å². The number of nitrogens with zero attached hydrogens (tertiary/aromatic N) is 3. The molecule has 2 aromatic rings. The number of hydrogen-bond donors (Lipinski definition) is 2. The Morgan fingerprint density at radius 3 is 2.80 bits per heavy atom. The summed E-state index contributed by atoms with van der Waals surface area (Å²) in [6.45, 7) is 2.51. The monoisotopic (exact) mass is 203 g/mol. The molecule has 0 spiro atoms. The fourth-order valence-electron chi connectivity index (χ4n) is 1.42. The van der Waals surface area contributed by atoms with Gasteiger partial charge in [-0.05, 0) is 13.5 Å². The molecule has 5 nitrogen and oxygen atoms in total. The van der Waals surface area contributed by atoms with Crippen LogP contribution in [0.25, 0.3) is 11.4 Å². The Hall–Kier alpha value is -1.75. The highest BCUT2D eigenvalue weighted by molar-refractivity contribution is 5.55. The van der Waals surface area contributed by atoms with Gasteiger partial charge in [-0.25, -0.2) is 4.98 Å². The maximum atomic E-state index is 5.45. The molecule has 0 aromatic carbocycles. The van der Waals surface area contributed by atoms with Crippen LogP contribution in [0, 0.1) is 6.92 Å². The second-order valence-electron chi connectivity index (χ2n) is 3.27. The summed E-state index contributed by atoms with van der Waals surface area (Å²) in [6.07, 6.45) is 5.86. The highest BCUT2D eigenvalue weighted by Crippen LogP contribution is 2.16. The molecule has 0 aliphatic rings. The number of nitrogens with one attached hydrogen (secondary N) is 1. The molecule has 3 N–H and O–H groups in total. The van der Waals surface area contributed by atoms with Crippen molar-refractivity contribution in [3.05, 3.63) is 30.1 Å². The van der Waals surface area contributed by atoms with Crippen LogP contribution in [0.1, 0.15) is 11.5 Å². The van der Waals surface area contributed by atoms with Crippen LogP contribution in [-0.4, -0.2) is 26.5 Å². The SMILES string of the molecule is Cc1nccnc1-c1cnc(CCN)[nH]1. The molecule has 2 heterocycles. The van der Waals surface area contributed by atoms with Crippen molar-refractivity contribution in [3.8, 4) is 11.4 Å². The van der Waals surface area contributed by atoms with Gasteiger partial charge in [-0.3, -0.25) is 9.97 Å². The highest BCUT2D eigenvalue weighted by Gasteiger charge is 2.06. The molecule has 5 heteroatoms. The van der Waals surface area contributed by atoms with Gasteiger partial charge in [0.05, 0.1) is 17.6 Å². The summed E-state index contributed by atoms with van der Waals surface area (Å²) >= 11 is 0. The van der Waals surface area contributed by atoms with Crippen molar-refractivity contribution in [2.24, 2.45) is 5.73 Å². The molecule has 0 atom stereocenters. The summed E-state index contributed by atoms with van der Waals surface area (Å²) in [5.74, 6) is 0.887. The zero-order valence-corrected chi connectivity index (χ0v) is 8.57. The Morgan fingerprint density at radius 1 is 1.27 bits per heavy atom. The van der Waals surface area contributed by atoms with Crippen LogP contribution in [0.15, 0.2) is 18.6 Å². The first-order valence-corrected chi connectivity index (χ1v) is 4.83. The van der Waals surface area contributed by atoms with Crippen LogP contribution in [0.3, 0.4) is 0 Å². The van der Waals surface area contributed by atoms with Crippen molar-refractivity contribution in [2.75, 3.05) is 6.54 Å². The van der Waals surface area contributed by atoms with E-state index in [9.17, 15) is 0 Å². The van der Waals surface area contributed by atoms with Gasteiger partial charge in [0.2, 0.25) is 0 Å². The van der Waals surface area contributed by atoms with E-state index in [0.717, 1.165) is 29.3 Å². The Morgan fingerprint density at radius 2 is 2.07 bits per heavy atom. The third-order valence-electron chi connectivity index (χ3n) is 2.15. The third-order valence-corrected chi connectivity index (χ3v) is 2.15. The number of aromatic nitrogens is 4. The van der Waals surface area contributed by atoms with Gasteiger partial charge in [-0.2, -0.15) is 0 Å². The molecule has 15 heavy (non-hydrogen) atoms. The molecule has 78 valence electrons. The number of imidazole rings is 1. The zero-order valence-electron chi connectivity index (χ0n) is 8.57. The smallest absolute Gasteiger partial charge is 0.109 e. The van der Waals surface area contributed by atoms with Crippen LogP contribution in [0.5, 0.6) is 0 Å². The summed E-state index contributed by atoms with van der Waals surface area (Å²) in [5.41, 5.74) is 8.07. The standard InChI is InChI=1S/C10H13N5/c1-7-10(13-5-4-12-7)8-6-14-9(15-8)2-3-11/h4-6H,2-3,11H2,1H3,(H,14,15). The molecule has 0 fully saturated rings. The number of aromatic amines is 1. The van der Waals surface area contributed by atoms with E-state index < -0.39 is 0 Å². The van der Waals surface area contributed by atoms with Gasteiger partial charge in [0, 0.05) is 18.8 Å². The Kier molecular flexibility index (Phi) is 2.73.